The van der Waals surface area contributed by atoms with Gasteiger partial charge in [0.2, 0.25) is 10.0 Å². The largest absolute Gasteiger partial charge is 0.345 e. The number of nitrogens with zero attached hydrogens (tertiary/aromatic N) is 3. The number of carbonyl (C=O) groups excluding carboxylic acids is 1. The Balaban J connectivity index is 1.93. The van der Waals surface area contributed by atoms with Gasteiger partial charge in [0.05, 0.1) is 11.4 Å². The molecule has 140 valence electrons. The van der Waals surface area contributed by atoms with Crippen LogP contribution in [0.25, 0.3) is 0 Å². The number of Topliss-reactive ketones (excluding diaryl/α,β-unsaturated/α-hetero) is 1. The van der Waals surface area contributed by atoms with E-state index in [1.807, 2.05) is 19.9 Å². The van der Waals surface area contributed by atoms with E-state index in [0.29, 0.717) is 11.6 Å². The van der Waals surface area contributed by atoms with Gasteiger partial charge in [0, 0.05) is 49.4 Å². The minimum Gasteiger partial charge on any atom is -0.345 e. The van der Waals surface area contributed by atoms with Crippen molar-refractivity contribution < 1.29 is 13.2 Å². The van der Waals surface area contributed by atoms with E-state index in [1.165, 1.54) is 32.4 Å². The summed E-state index contributed by atoms with van der Waals surface area (Å²) in [5.74, 6) is -0.202. The first-order valence-electron chi connectivity index (χ1n) is 8.47. The molecule has 0 saturated heterocycles. The number of rotatable bonds is 6. The molecule has 2 aromatic rings. The average molecular weight is 377 g/mol. The van der Waals surface area contributed by atoms with Gasteiger partial charge >= 0.3 is 0 Å². The summed E-state index contributed by atoms with van der Waals surface area (Å²) in [5.41, 5.74) is 2.11. The van der Waals surface area contributed by atoms with Crippen molar-refractivity contribution in [3.05, 3.63) is 51.7 Å². The maximum absolute atomic E-state index is 12.8. The van der Waals surface area contributed by atoms with E-state index in [4.69, 9.17) is 0 Å². The van der Waals surface area contributed by atoms with Crippen LogP contribution in [0.5, 0.6) is 0 Å². The highest BCUT2D eigenvalue weighted by atomic mass is 32.2. The zero-order valence-corrected chi connectivity index (χ0v) is 16.2. The van der Waals surface area contributed by atoms with Gasteiger partial charge < -0.3 is 9.13 Å². The summed E-state index contributed by atoms with van der Waals surface area (Å²) in [7, 11) is -0.834. The quantitative estimate of drug-likeness (QED) is 0.718. The molecule has 7 nitrogen and oxygen atoms in total. The van der Waals surface area contributed by atoms with Crippen molar-refractivity contribution in [2.45, 2.75) is 44.2 Å². The molecule has 0 spiro atoms. The summed E-state index contributed by atoms with van der Waals surface area (Å²) in [5, 5.41) is 0. The van der Waals surface area contributed by atoms with Crippen LogP contribution in [0.3, 0.4) is 0 Å². The molecule has 26 heavy (non-hydrogen) atoms. The third-order valence-electron chi connectivity index (χ3n) is 4.75. The van der Waals surface area contributed by atoms with Crippen LogP contribution >= 0.6 is 0 Å². The van der Waals surface area contributed by atoms with Crippen LogP contribution in [-0.2, 0) is 16.6 Å². The average Bonchev–Trinajstić information content (AvgIpc) is 3.34. The Morgan fingerprint density at radius 1 is 1.23 bits per heavy atom. The Morgan fingerprint density at radius 2 is 1.88 bits per heavy atom. The van der Waals surface area contributed by atoms with Crippen molar-refractivity contribution in [3.63, 3.8) is 0 Å². The first-order chi connectivity index (χ1) is 12.1. The highest BCUT2D eigenvalue weighted by Crippen LogP contribution is 2.38. The SMILES string of the molecule is Cc1cc(C(=O)Cn2cc(S(=O)(=O)N(C)C)ccc2=O)c(C)n1C1CC1. The van der Waals surface area contributed by atoms with E-state index in [-0.39, 0.29) is 17.2 Å². The lowest BCUT2D eigenvalue weighted by Crippen LogP contribution is -2.27. The molecule has 0 radical (unpaired) electrons. The van der Waals surface area contributed by atoms with Gasteiger partial charge in [-0.2, -0.15) is 0 Å². The Bertz CT molecular complexity index is 1030. The molecular formula is C18H23N3O4S. The predicted octanol–water partition coefficient (Wildman–Crippen LogP) is 1.73. The molecule has 0 amide bonds. The van der Waals surface area contributed by atoms with Gasteiger partial charge in [-0.25, -0.2) is 12.7 Å². The van der Waals surface area contributed by atoms with Gasteiger partial charge in [-0.1, -0.05) is 0 Å². The molecule has 0 aromatic carbocycles. The number of sulfonamides is 1. The van der Waals surface area contributed by atoms with Gasteiger partial charge in [0.1, 0.15) is 0 Å². The van der Waals surface area contributed by atoms with Crippen LogP contribution in [0.1, 0.15) is 40.6 Å². The highest BCUT2D eigenvalue weighted by Gasteiger charge is 2.28. The van der Waals surface area contributed by atoms with Gasteiger partial charge in [-0.05, 0) is 38.8 Å². The van der Waals surface area contributed by atoms with Gasteiger partial charge in [-0.3, -0.25) is 9.59 Å². The van der Waals surface area contributed by atoms with Crippen LogP contribution < -0.4 is 5.56 Å². The zero-order valence-electron chi connectivity index (χ0n) is 15.4. The normalized spacial score (nSPS) is 14.8. The first-order valence-corrected chi connectivity index (χ1v) is 9.91. The van der Waals surface area contributed by atoms with E-state index in [0.717, 1.165) is 33.1 Å². The second-order valence-electron chi connectivity index (χ2n) is 6.93. The third-order valence-corrected chi connectivity index (χ3v) is 6.54. The number of aryl methyl sites for hydroxylation is 1. The van der Waals surface area contributed by atoms with Crippen molar-refractivity contribution in [2.24, 2.45) is 0 Å². The molecule has 1 fully saturated rings. The summed E-state index contributed by atoms with van der Waals surface area (Å²) in [4.78, 5) is 24.8. The number of pyridine rings is 1. The fraction of sp³-hybridized carbons (Fsp3) is 0.444. The number of hydrogen-bond donors (Lipinski definition) is 0. The van der Waals surface area contributed by atoms with Crippen molar-refractivity contribution in [2.75, 3.05) is 14.1 Å². The Labute approximate surface area is 152 Å². The summed E-state index contributed by atoms with van der Waals surface area (Å²) in [6.07, 6.45) is 3.47. The number of aromatic nitrogens is 2. The zero-order chi connectivity index (χ0) is 19.2. The molecule has 1 aliphatic carbocycles. The third kappa shape index (κ3) is 3.26. The fourth-order valence-electron chi connectivity index (χ4n) is 3.19. The van der Waals surface area contributed by atoms with Crippen molar-refractivity contribution in [3.8, 4) is 0 Å². The number of carbonyl (C=O) groups is 1. The highest BCUT2D eigenvalue weighted by molar-refractivity contribution is 7.89. The summed E-state index contributed by atoms with van der Waals surface area (Å²) in [6, 6.07) is 4.75. The molecule has 8 heteroatoms. The lowest BCUT2D eigenvalue weighted by Gasteiger charge is -2.13. The Kier molecular flexibility index (Phi) is 4.66. The molecule has 0 N–H and O–H groups in total. The van der Waals surface area contributed by atoms with E-state index in [9.17, 15) is 18.0 Å². The molecular weight excluding hydrogens is 354 g/mol. The first kappa shape index (κ1) is 18.6. The van der Waals surface area contributed by atoms with E-state index in [2.05, 4.69) is 4.57 Å². The smallest absolute Gasteiger partial charge is 0.251 e. The summed E-state index contributed by atoms with van der Waals surface area (Å²) in [6.45, 7) is 3.69. The topological polar surface area (TPSA) is 81.4 Å². The second-order valence-corrected chi connectivity index (χ2v) is 9.08. The van der Waals surface area contributed by atoms with Crippen LogP contribution in [-0.4, -0.2) is 41.7 Å². The lowest BCUT2D eigenvalue weighted by molar-refractivity contribution is 0.0970. The summed E-state index contributed by atoms with van der Waals surface area (Å²) < 4.78 is 28.9. The van der Waals surface area contributed by atoms with Gasteiger partial charge in [0.15, 0.2) is 5.78 Å². The van der Waals surface area contributed by atoms with Crippen LogP contribution in [0.2, 0.25) is 0 Å². The van der Waals surface area contributed by atoms with Gasteiger partial charge in [0.25, 0.3) is 5.56 Å². The number of ketones is 1. The maximum Gasteiger partial charge on any atom is 0.251 e. The monoisotopic (exact) mass is 377 g/mol. The second kappa shape index (κ2) is 6.51. The maximum atomic E-state index is 12.8. The van der Waals surface area contributed by atoms with Crippen LogP contribution in [0, 0.1) is 13.8 Å². The van der Waals surface area contributed by atoms with E-state index < -0.39 is 15.6 Å². The molecule has 1 saturated carbocycles. The van der Waals surface area contributed by atoms with E-state index in [1.54, 1.807) is 0 Å². The fourth-order valence-corrected chi connectivity index (χ4v) is 4.11. The Morgan fingerprint density at radius 3 is 2.46 bits per heavy atom. The molecule has 0 aliphatic heterocycles. The van der Waals surface area contributed by atoms with Crippen LogP contribution in [0.4, 0.5) is 0 Å². The van der Waals surface area contributed by atoms with Crippen molar-refractivity contribution in [1.82, 2.24) is 13.4 Å². The van der Waals surface area contributed by atoms with Gasteiger partial charge in [-0.15, -0.1) is 0 Å². The standard InChI is InChI=1S/C18H23N3O4S/c1-12-9-16(13(2)21(12)14-5-6-14)17(22)11-20-10-15(7-8-18(20)23)26(24,25)19(3)4/h7-10,14H,5-6,11H2,1-4H3. The molecule has 1 aliphatic rings. The minimum atomic E-state index is -3.67. The lowest BCUT2D eigenvalue weighted by atomic mass is 10.1. The minimum absolute atomic E-state index is 0.0154. The molecule has 0 bridgehead atoms. The molecule has 2 aromatic heterocycles. The van der Waals surface area contributed by atoms with Crippen molar-refractivity contribution in [1.29, 1.82) is 0 Å². The molecule has 0 atom stereocenters. The number of hydrogen-bond acceptors (Lipinski definition) is 4. The Hall–Kier alpha value is -2.19. The van der Waals surface area contributed by atoms with E-state index >= 15 is 0 Å². The van der Waals surface area contributed by atoms with Crippen molar-refractivity contribution >= 4 is 15.8 Å². The molecule has 2 heterocycles. The molecule has 0 unspecified atom stereocenters. The molecule has 3 rings (SSSR count). The summed E-state index contributed by atoms with van der Waals surface area (Å²) >= 11 is 0. The predicted molar refractivity (Wildman–Crippen MR) is 98.1 cm³/mol. The van der Waals surface area contributed by atoms with Crippen LogP contribution in [0.15, 0.2) is 34.1 Å².